The molecule has 0 bridgehead atoms. The first-order valence-corrected chi connectivity index (χ1v) is 12.7. The van der Waals surface area contributed by atoms with Crippen molar-refractivity contribution in [3.63, 3.8) is 0 Å². The molecule has 8 nitrogen and oxygen atoms in total. The predicted octanol–water partition coefficient (Wildman–Crippen LogP) is 2.41. The fraction of sp³-hybridized carbons (Fsp3) is 0.478. The molecule has 2 aliphatic rings. The Hall–Kier alpha value is -2.49. The van der Waals surface area contributed by atoms with Gasteiger partial charge < -0.3 is 10.2 Å². The van der Waals surface area contributed by atoms with Gasteiger partial charge in [0.2, 0.25) is 15.9 Å². The number of carbonyl (C=O) groups excluding carboxylic acids is 1. The second-order valence-corrected chi connectivity index (χ2v) is 10.3. The number of piperazine rings is 1. The molecule has 1 amide bonds. The highest BCUT2D eigenvalue weighted by atomic mass is 32.2. The molecule has 1 aromatic heterocycles. The van der Waals surface area contributed by atoms with Crippen LogP contribution in [0.2, 0.25) is 0 Å². The number of nitrogens with zero attached hydrogens (tertiary/aromatic N) is 4. The number of hydrogen-bond donors (Lipinski definition) is 1. The number of pyridine rings is 1. The highest BCUT2D eigenvalue weighted by Crippen LogP contribution is 2.23. The van der Waals surface area contributed by atoms with Crippen LogP contribution < -0.4 is 10.2 Å². The lowest BCUT2D eigenvalue weighted by Gasteiger charge is -2.34. The Kier molecular flexibility index (Phi) is 7.39. The van der Waals surface area contributed by atoms with Crippen molar-refractivity contribution < 1.29 is 13.2 Å². The van der Waals surface area contributed by atoms with Crippen LogP contribution in [0.5, 0.6) is 0 Å². The number of rotatable bonds is 6. The third kappa shape index (κ3) is 5.65. The van der Waals surface area contributed by atoms with E-state index in [1.54, 1.807) is 34.8 Å². The van der Waals surface area contributed by atoms with Crippen molar-refractivity contribution in [2.45, 2.75) is 30.6 Å². The van der Waals surface area contributed by atoms with E-state index in [9.17, 15) is 13.2 Å². The summed E-state index contributed by atoms with van der Waals surface area (Å²) in [4.78, 5) is 21.5. The predicted molar refractivity (Wildman–Crippen MR) is 125 cm³/mol. The molecular formula is C23H31N5O3S. The van der Waals surface area contributed by atoms with Crippen LogP contribution in [-0.4, -0.2) is 74.3 Å². The van der Waals surface area contributed by atoms with E-state index in [-0.39, 0.29) is 17.3 Å². The fourth-order valence-electron chi connectivity index (χ4n) is 4.24. The molecule has 4 rings (SSSR count). The zero-order valence-corrected chi connectivity index (χ0v) is 19.1. The SMILES string of the molecule is O=C(CN1CCN(c2ccccn2)CC1)Nc1cccc(S(=O)(=O)N2CCCCCC2)c1. The van der Waals surface area contributed by atoms with Crippen molar-refractivity contribution in [3.8, 4) is 0 Å². The van der Waals surface area contributed by atoms with Gasteiger partial charge in [-0.3, -0.25) is 9.69 Å². The molecule has 0 unspecified atom stereocenters. The van der Waals surface area contributed by atoms with E-state index in [1.165, 1.54) is 0 Å². The van der Waals surface area contributed by atoms with E-state index >= 15 is 0 Å². The topological polar surface area (TPSA) is 85.9 Å². The second kappa shape index (κ2) is 10.4. The minimum atomic E-state index is -3.54. The van der Waals surface area contributed by atoms with E-state index in [1.807, 2.05) is 18.2 Å². The Balaban J connectivity index is 1.32. The smallest absolute Gasteiger partial charge is 0.243 e. The first-order chi connectivity index (χ1) is 15.5. The maximum Gasteiger partial charge on any atom is 0.243 e. The van der Waals surface area contributed by atoms with Gasteiger partial charge in [0, 0.05) is 51.2 Å². The molecule has 2 aromatic rings. The van der Waals surface area contributed by atoms with Gasteiger partial charge in [0.15, 0.2) is 0 Å². The summed E-state index contributed by atoms with van der Waals surface area (Å²) in [5.74, 6) is 0.819. The molecule has 172 valence electrons. The van der Waals surface area contributed by atoms with E-state index in [2.05, 4.69) is 20.1 Å². The quantitative estimate of drug-likeness (QED) is 0.717. The third-order valence-corrected chi connectivity index (χ3v) is 7.93. The van der Waals surface area contributed by atoms with Crippen LogP contribution in [0.3, 0.4) is 0 Å². The zero-order chi connectivity index (χ0) is 22.4. The Morgan fingerprint density at radius 3 is 2.34 bits per heavy atom. The van der Waals surface area contributed by atoms with E-state index < -0.39 is 10.0 Å². The van der Waals surface area contributed by atoms with Crippen molar-refractivity contribution in [2.24, 2.45) is 0 Å². The number of aromatic nitrogens is 1. The number of benzene rings is 1. The number of sulfonamides is 1. The Labute approximate surface area is 190 Å². The molecule has 2 aliphatic heterocycles. The minimum Gasteiger partial charge on any atom is -0.354 e. The lowest BCUT2D eigenvalue weighted by Crippen LogP contribution is -2.48. The number of anilines is 2. The van der Waals surface area contributed by atoms with Crippen molar-refractivity contribution in [3.05, 3.63) is 48.7 Å². The first kappa shape index (κ1) is 22.7. The summed E-state index contributed by atoms with van der Waals surface area (Å²) in [7, 11) is -3.54. The highest BCUT2D eigenvalue weighted by Gasteiger charge is 2.25. The van der Waals surface area contributed by atoms with Crippen molar-refractivity contribution in [2.75, 3.05) is 56.0 Å². The summed E-state index contributed by atoms with van der Waals surface area (Å²) in [5, 5.41) is 2.87. The zero-order valence-electron chi connectivity index (χ0n) is 18.3. The van der Waals surface area contributed by atoms with Crippen LogP contribution in [-0.2, 0) is 14.8 Å². The first-order valence-electron chi connectivity index (χ1n) is 11.3. The van der Waals surface area contributed by atoms with Gasteiger partial charge >= 0.3 is 0 Å². The van der Waals surface area contributed by atoms with Gasteiger partial charge in [0.05, 0.1) is 11.4 Å². The van der Waals surface area contributed by atoms with Gasteiger partial charge in [-0.2, -0.15) is 4.31 Å². The minimum absolute atomic E-state index is 0.138. The van der Waals surface area contributed by atoms with E-state index in [0.29, 0.717) is 18.8 Å². The lowest BCUT2D eigenvalue weighted by atomic mass is 10.2. The van der Waals surface area contributed by atoms with Gasteiger partial charge in [-0.15, -0.1) is 0 Å². The van der Waals surface area contributed by atoms with Crippen molar-refractivity contribution in [1.29, 1.82) is 0 Å². The summed E-state index contributed by atoms with van der Waals surface area (Å²) in [6, 6.07) is 12.5. The molecule has 2 fully saturated rings. The maximum absolute atomic E-state index is 13.0. The third-order valence-electron chi connectivity index (χ3n) is 6.03. The average Bonchev–Trinajstić information content (AvgIpc) is 3.11. The van der Waals surface area contributed by atoms with Crippen LogP contribution in [0, 0.1) is 0 Å². The normalized spacial score (nSPS) is 18.8. The largest absolute Gasteiger partial charge is 0.354 e. The number of nitrogens with one attached hydrogen (secondary N) is 1. The standard InChI is InChI=1S/C23H31N5O3S/c29-23(19-26-14-16-27(17-15-26)22-10-3-4-11-24-22)25-20-8-7-9-21(18-20)32(30,31)28-12-5-1-2-6-13-28/h3-4,7-11,18H,1-2,5-6,12-17,19H2,(H,25,29). The number of carbonyl (C=O) groups is 1. The molecule has 32 heavy (non-hydrogen) atoms. The van der Waals surface area contributed by atoms with E-state index in [0.717, 1.165) is 57.7 Å². The monoisotopic (exact) mass is 457 g/mol. The lowest BCUT2D eigenvalue weighted by molar-refractivity contribution is -0.117. The highest BCUT2D eigenvalue weighted by molar-refractivity contribution is 7.89. The van der Waals surface area contributed by atoms with Gasteiger partial charge in [-0.25, -0.2) is 13.4 Å². The molecule has 0 saturated carbocycles. The van der Waals surface area contributed by atoms with Crippen molar-refractivity contribution >= 4 is 27.4 Å². The van der Waals surface area contributed by atoms with Crippen LogP contribution >= 0.6 is 0 Å². The molecule has 0 radical (unpaired) electrons. The Bertz CT molecular complexity index is 999. The molecular weight excluding hydrogens is 426 g/mol. The van der Waals surface area contributed by atoms with Crippen LogP contribution in [0.4, 0.5) is 11.5 Å². The molecule has 0 aliphatic carbocycles. The summed E-state index contributed by atoms with van der Waals surface area (Å²) in [5.41, 5.74) is 0.512. The molecule has 0 spiro atoms. The van der Waals surface area contributed by atoms with E-state index in [4.69, 9.17) is 0 Å². The van der Waals surface area contributed by atoms with Gasteiger partial charge in [0.1, 0.15) is 5.82 Å². The maximum atomic E-state index is 13.0. The summed E-state index contributed by atoms with van der Waals surface area (Å²) in [6.45, 7) is 4.56. The van der Waals surface area contributed by atoms with Crippen molar-refractivity contribution in [1.82, 2.24) is 14.2 Å². The molecule has 9 heteroatoms. The Morgan fingerprint density at radius 1 is 0.906 bits per heavy atom. The van der Waals surface area contributed by atoms with Crippen LogP contribution in [0.15, 0.2) is 53.6 Å². The molecule has 0 atom stereocenters. The fourth-order valence-corrected chi connectivity index (χ4v) is 5.81. The average molecular weight is 458 g/mol. The van der Waals surface area contributed by atoms with Crippen LogP contribution in [0.25, 0.3) is 0 Å². The summed E-state index contributed by atoms with van der Waals surface area (Å²) >= 11 is 0. The van der Waals surface area contributed by atoms with Crippen LogP contribution in [0.1, 0.15) is 25.7 Å². The molecule has 1 N–H and O–H groups in total. The summed E-state index contributed by atoms with van der Waals surface area (Å²) < 4.78 is 27.6. The summed E-state index contributed by atoms with van der Waals surface area (Å²) in [6.07, 6.45) is 5.71. The number of hydrogen-bond acceptors (Lipinski definition) is 6. The molecule has 3 heterocycles. The molecule has 1 aromatic carbocycles. The second-order valence-electron chi connectivity index (χ2n) is 8.35. The number of amides is 1. The van der Waals surface area contributed by atoms with Gasteiger partial charge in [-0.05, 0) is 43.2 Å². The van der Waals surface area contributed by atoms with Gasteiger partial charge in [0.25, 0.3) is 0 Å². The van der Waals surface area contributed by atoms with Gasteiger partial charge in [-0.1, -0.05) is 25.0 Å². The molecule has 2 saturated heterocycles. The Morgan fingerprint density at radius 2 is 1.66 bits per heavy atom.